The van der Waals surface area contributed by atoms with Crippen LogP contribution in [0.3, 0.4) is 0 Å². The average Bonchev–Trinajstić information content (AvgIpc) is 2.36. The lowest BCUT2D eigenvalue weighted by Crippen LogP contribution is -2.01. The van der Waals surface area contributed by atoms with E-state index in [2.05, 4.69) is 12.1 Å². The van der Waals surface area contributed by atoms with Crippen molar-refractivity contribution in [2.45, 2.75) is 44.9 Å². The molecule has 2 nitrogen and oxygen atoms in total. The molecule has 0 atom stereocenters. The summed E-state index contributed by atoms with van der Waals surface area (Å²) in [6.45, 7) is 0.738. The van der Waals surface area contributed by atoms with Gasteiger partial charge in [-0.3, -0.25) is 4.79 Å². The van der Waals surface area contributed by atoms with E-state index < -0.39 is 0 Å². The predicted molar refractivity (Wildman–Crippen MR) is 71.9 cm³/mol. The van der Waals surface area contributed by atoms with Crippen LogP contribution in [-0.4, -0.2) is 12.3 Å². The van der Waals surface area contributed by atoms with Gasteiger partial charge in [0.05, 0.1) is 0 Å². The van der Waals surface area contributed by atoms with Gasteiger partial charge in [0.25, 0.3) is 0 Å². The number of aryl methyl sites for hydroxylation is 1. The molecule has 2 heteroatoms. The normalized spacial score (nSPS) is 10.4. The maximum Gasteiger partial charge on any atom is 0.132 e. The van der Waals surface area contributed by atoms with Gasteiger partial charge >= 0.3 is 0 Å². The Morgan fingerprint density at radius 3 is 2.35 bits per heavy atom. The topological polar surface area (TPSA) is 43.1 Å². The van der Waals surface area contributed by atoms with Crippen LogP contribution in [0.4, 0.5) is 0 Å². The Morgan fingerprint density at radius 1 is 0.941 bits per heavy atom. The number of carbonyl (C=O) groups is 1. The van der Waals surface area contributed by atoms with Crippen LogP contribution in [0.15, 0.2) is 30.3 Å². The molecule has 0 aliphatic carbocycles. The highest BCUT2D eigenvalue weighted by Gasteiger charge is 2.01. The third kappa shape index (κ3) is 6.90. The minimum atomic E-state index is 0.401. The number of unbranched alkanes of at least 4 members (excludes halogenated alkanes) is 2. The standard InChI is InChI=1S/C15H23NO/c16-13-6-2-5-11-15(17)12-7-10-14-8-3-1-4-9-14/h1,3-4,8-9H,2,5-7,10-13,16H2. The molecule has 94 valence electrons. The fourth-order valence-electron chi connectivity index (χ4n) is 1.90. The van der Waals surface area contributed by atoms with Crippen LogP contribution >= 0.6 is 0 Å². The number of ketones is 1. The predicted octanol–water partition coefficient (Wildman–Crippen LogP) is 3.10. The number of nitrogens with two attached hydrogens (primary N) is 1. The number of benzene rings is 1. The minimum absolute atomic E-state index is 0.401. The molecule has 0 saturated heterocycles. The lowest BCUT2D eigenvalue weighted by atomic mass is 10.0. The van der Waals surface area contributed by atoms with Crippen molar-refractivity contribution in [3.8, 4) is 0 Å². The number of hydrogen-bond donors (Lipinski definition) is 1. The molecule has 0 fully saturated rings. The van der Waals surface area contributed by atoms with Crippen LogP contribution in [0.1, 0.15) is 44.1 Å². The van der Waals surface area contributed by atoms with E-state index in [4.69, 9.17) is 5.73 Å². The molecule has 17 heavy (non-hydrogen) atoms. The molecule has 1 aromatic rings. The van der Waals surface area contributed by atoms with E-state index >= 15 is 0 Å². The molecule has 0 amide bonds. The summed E-state index contributed by atoms with van der Waals surface area (Å²) in [4.78, 5) is 11.6. The first-order valence-corrected chi connectivity index (χ1v) is 6.58. The number of Topliss-reactive ketones (excluding diaryl/α,β-unsaturated/α-hetero) is 1. The molecule has 0 radical (unpaired) electrons. The van der Waals surface area contributed by atoms with Gasteiger partial charge in [0, 0.05) is 12.8 Å². The molecule has 0 unspecified atom stereocenters. The van der Waals surface area contributed by atoms with Crippen molar-refractivity contribution in [2.75, 3.05) is 6.54 Å². The van der Waals surface area contributed by atoms with Crippen LogP contribution in [0.5, 0.6) is 0 Å². The Bertz CT molecular complexity index is 308. The number of carbonyl (C=O) groups excluding carboxylic acids is 1. The van der Waals surface area contributed by atoms with Crippen molar-refractivity contribution in [2.24, 2.45) is 5.73 Å². The second-order valence-corrected chi connectivity index (χ2v) is 4.48. The van der Waals surface area contributed by atoms with Gasteiger partial charge in [-0.1, -0.05) is 36.8 Å². The highest BCUT2D eigenvalue weighted by molar-refractivity contribution is 5.78. The second kappa shape index (κ2) is 8.94. The van der Waals surface area contributed by atoms with Gasteiger partial charge < -0.3 is 5.73 Å². The van der Waals surface area contributed by atoms with E-state index in [0.717, 1.165) is 51.5 Å². The summed E-state index contributed by atoms with van der Waals surface area (Å²) in [5.74, 6) is 0.401. The minimum Gasteiger partial charge on any atom is -0.330 e. The van der Waals surface area contributed by atoms with Crippen molar-refractivity contribution in [3.05, 3.63) is 35.9 Å². The van der Waals surface area contributed by atoms with E-state index in [1.54, 1.807) is 0 Å². The van der Waals surface area contributed by atoms with Crippen LogP contribution in [0.25, 0.3) is 0 Å². The Hall–Kier alpha value is -1.15. The SMILES string of the molecule is NCCCCCC(=O)CCCc1ccccc1. The maximum absolute atomic E-state index is 11.6. The Morgan fingerprint density at radius 2 is 1.65 bits per heavy atom. The molecule has 2 N–H and O–H groups in total. The van der Waals surface area contributed by atoms with Crippen molar-refractivity contribution in [1.82, 2.24) is 0 Å². The van der Waals surface area contributed by atoms with E-state index in [9.17, 15) is 4.79 Å². The molecule has 0 heterocycles. The Kier molecular flexibility index (Phi) is 7.32. The number of rotatable bonds is 9. The van der Waals surface area contributed by atoms with E-state index in [0.29, 0.717) is 5.78 Å². The van der Waals surface area contributed by atoms with Crippen LogP contribution in [-0.2, 0) is 11.2 Å². The molecule has 0 aromatic heterocycles. The largest absolute Gasteiger partial charge is 0.330 e. The smallest absolute Gasteiger partial charge is 0.132 e. The highest BCUT2D eigenvalue weighted by atomic mass is 16.1. The molecular formula is C15H23NO. The molecule has 0 spiro atoms. The fraction of sp³-hybridized carbons (Fsp3) is 0.533. The molecular weight excluding hydrogens is 210 g/mol. The summed E-state index contributed by atoms with van der Waals surface area (Å²) in [5, 5.41) is 0. The maximum atomic E-state index is 11.6. The Balaban J connectivity index is 2.04. The summed E-state index contributed by atoms with van der Waals surface area (Å²) in [5.41, 5.74) is 6.73. The zero-order valence-corrected chi connectivity index (χ0v) is 10.5. The zero-order valence-electron chi connectivity index (χ0n) is 10.5. The van der Waals surface area contributed by atoms with Crippen LogP contribution < -0.4 is 5.73 Å². The summed E-state index contributed by atoms with van der Waals surface area (Å²) < 4.78 is 0. The van der Waals surface area contributed by atoms with Crippen molar-refractivity contribution < 1.29 is 4.79 Å². The van der Waals surface area contributed by atoms with Crippen molar-refractivity contribution in [1.29, 1.82) is 0 Å². The van der Waals surface area contributed by atoms with Gasteiger partial charge in [-0.2, -0.15) is 0 Å². The Labute approximate surface area is 104 Å². The molecule has 0 aliphatic rings. The first-order chi connectivity index (χ1) is 8.33. The van der Waals surface area contributed by atoms with Gasteiger partial charge in [0.2, 0.25) is 0 Å². The summed E-state index contributed by atoms with van der Waals surface area (Å²) in [6, 6.07) is 10.3. The first kappa shape index (κ1) is 13.9. The average molecular weight is 233 g/mol. The summed E-state index contributed by atoms with van der Waals surface area (Å²) in [7, 11) is 0. The first-order valence-electron chi connectivity index (χ1n) is 6.58. The second-order valence-electron chi connectivity index (χ2n) is 4.48. The fourth-order valence-corrected chi connectivity index (χ4v) is 1.90. The molecule has 1 aromatic carbocycles. The lowest BCUT2D eigenvalue weighted by molar-refractivity contribution is -0.119. The van der Waals surface area contributed by atoms with Gasteiger partial charge in [-0.15, -0.1) is 0 Å². The van der Waals surface area contributed by atoms with Gasteiger partial charge in [-0.25, -0.2) is 0 Å². The molecule has 1 rings (SSSR count). The van der Waals surface area contributed by atoms with Crippen LogP contribution in [0.2, 0.25) is 0 Å². The third-order valence-corrected chi connectivity index (χ3v) is 2.92. The third-order valence-electron chi connectivity index (χ3n) is 2.92. The highest BCUT2D eigenvalue weighted by Crippen LogP contribution is 2.08. The number of hydrogen-bond acceptors (Lipinski definition) is 2. The monoisotopic (exact) mass is 233 g/mol. The molecule has 0 aliphatic heterocycles. The van der Waals surface area contributed by atoms with E-state index in [1.165, 1.54) is 5.56 Å². The van der Waals surface area contributed by atoms with Crippen molar-refractivity contribution >= 4 is 5.78 Å². The molecule has 0 saturated carbocycles. The lowest BCUT2D eigenvalue weighted by Gasteiger charge is -2.02. The quantitative estimate of drug-likeness (QED) is 0.666. The molecule has 0 bridgehead atoms. The summed E-state index contributed by atoms with van der Waals surface area (Å²) in [6.07, 6.45) is 6.56. The zero-order chi connectivity index (χ0) is 12.3. The van der Waals surface area contributed by atoms with Gasteiger partial charge in [0.1, 0.15) is 5.78 Å². The van der Waals surface area contributed by atoms with Gasteiger partial charge in [0.15, 0.2) is 0 Å². The van der Waals surface area contributed by atoms with Gasteiger partial charge in [-0.05, 0) is 37.8 Å². The van der Waals surface area contributed by atoms with Crippen molar-refractivity contribution in [3.63, 3.8) is 0 Å². The summed E-state index contributed by atoms with van der Waals surface area (Å²) >= 11 is 0. The van der Waals surface area contributed by atoms with E-state index in [-0.39, 0.29) is 0 Å². The van der Waals surface area contributed by atoms with Crippen LogP contribution in [0, 0.1) is 0 Å². The van der Waals surface area contributed by atoms with E-state index in [1.807, 2.05) is 18.2 Å².